The summed E-state index contributed by atoms with van der Waals surface area (Å²) in [6.07, 6.45) is 0. The van der Waals surface area contributed by atoms with Crippen molar-refractivity contribution < 1.29 is 29.7 Å². The van der Waals surface area contributed by atoms with Gasteiger partial charge in [-0.05, 0) is 0 Å². The molecule has 0 aromatic heterocycles. The second-order valence-corrected chi connectivity index (χ2v) is 1.77. The average Bonchev–Trinajstić information content (AvgIpc) is 0.918. The molecular formula is Cl2Co2+2. The molecule has 0 heterocycles. The molecule has 0 aromatic rings. The topological polar surface area (TPSA) is 0 Å². The summed E-state index contributed by atoms with van der Waals surface area (Å²) < 4.78 is 0. The van der Waals surface area contributed by atoms with Gasteiger partial charge >= 0.3 is 50.0 Å². The normalized spacial score (nSPS) is 5.50. The van der Waals surface area contributed by atoms with Crippen LogP contribution in [-0.4, -0.2) is 0 Å². The molecule has 0 amide bonds. The molecule has 0 fully saturated rings. The monoisotopic (exact) mass is 188 g/mol. The third-order valence-electron chi connectivity index (χ3n) is 0. The van der Waals surface area contributed by atoms with Crippen LogP contribution in [0.15, 0.2) is 0 Å². The van der Waals surface area contributed by atoms with Gasteiger partial charge in [-0.3, -0.25) is 0 Å². The second-order valence-electron chi connectivity index (χ2n) is 0.0476. The number of rotatable bonds is 0. The van der Waals surface area contributed by atoms with E-state index in [1.165, 1.54) is 0 Å². The molecule has 0 aliphatic carbocycles. The number of hydrogen-bond donors (Lipinski definition) is 0. The molecule has 0 rings (SSSR count). The smallest absolute Gasteiger partial charge is 2.00 e. The molecule has 1 radical (unpaired) electrons. The van der Waals surface area contributed by atoms with E-state index in [2.05, 4.69) is 0 Å². The van der Waals surface area contributed by atoms with Crippen molar-refractivity contribution in [2.75, 3.05) is 0 Å². The van der Waals surface area contributed by atoms with Gasteiger partial charge in [-0.15, -0.1) is 0 Å². The van der Waals surface area contributed by atoms with Crippen LogP contribution in [0.5, 0.6) is 0 Å². The van der Waals surface area contributed by atoms with Crippen molar-refractivity contribution in [3.05, 3.63) is 0 Å². The van der Waals surface area contributed by atoms with E-state index in [4.69, 9.17) is 20.3 Å². The summed E-state index contributed by atoms with van der Waals surface area (Å²) in [6, 6.07) is 0. The summed E-state index contributed by atoms with van der Waals surface area (Å²) in [6.45, 7) is 0. The Morgan fingerprint density at radius 3 is 1.25 bits per heavy atom. The van der Waals surface area contributed by atoms with Gasteiger partial charge in [0.1, 0.15) is 0 Å². The maximum absolute atomic E-state index is 4.73. The molecule has 0 bridgehead atoms. The van der Waals surface area contributed by atoms with E-state index in [9.17, 15) is 0 Å². The fourth-order valence-electron chi connectivity index (χ4n) is 0. The van der Waals surface area contributed by atoms with Gasteiger partial charge in [0.25, 0.3) is 0 Å². The van der Waals surface area contributed by atoms with Crippen LogP contribution in [0.2, 0.25) is 0 Å². The van der Waals surface area contributed by atoms with Gasteiger partial charge in [-0.2, -0.15) is 0 Å². The van der Waals surface area contributed by atoms with Crippen LogP contribution in [0, 0.1) is 0 Å². The first-order chi connectivity index (χ1) is 1.41. The molecule has 0 nitrogen and oxygen atoms in total. The van der Waals surface area contributed by atoms with Crippen LogP contribution < -0.4 is 0 Å². The average molecular weight is 189 g/mol. The molecule has 0 N–H and O–H groups in total. The molecule has 0 aromatic carbocycles. The molecular weight excluding hydrogens is 189 g/mol. The van der Waals surface area contributed by atoms with Crippen molar-refractivity contribution in [1.29, 1.82) is 0 Å². The van der Waals surface area contributed by atoms with Gasteiger partial charge < -0.3 is 0 Å². The zero-order valence-electron chi connectivity index (χ0n) is 1.42. The van der Waals surface area contributed by atoms with E-state index < -0.39 is 0 Å². The first-order valence-electron chi connectivity index (χ1n) is 0.252. The van der Waals surface area contributed by atoms with Crippen molar-refractivity contribution in [3.63, 3.8) is 0 Å². The van der Waals surface area contributed by atoms with E-state index in [-0.39, 0.29) is 16.8 Å². The minimum absolute atomic E-state index is 0. The van der Waals surface area contributed by atoms with Crippen molar-refractivity contribution >= 4 is 20.3 Å². The molecule has 0 saturated heterocycles. The van der Waals surface area contributed by atoms with Crippen LogP contribution in [0.25, 0.3) is 0 Å². The number of halogens is 2. The zero-order valence-corrected chi connectivity index (χ0v) is 5.02. The van der Waals surface area contributed by atoms with Crippen LogP contribution in [0.3, 0.4) is 0 Å². The molecule has 0 spiro atoms. The fraction of sp³-hybridized carbons (Fsp3) is 0. The largest absolute Gasteiger partial charge is 2.00 e. The molecule has 4 heavy (non-hydrogen) atoms. The first kappa shape index (κ1) is 9.14. The Kier molecular flexibility index (Phi) is 20.1. The molecule has 0 aliphatic rings. The number of hydrogen-bond acceptors (Lipinski definition) is 0. The second kappa shape index (κ2) is 8.82. The molecule has 0 unspecified atom stereocenters. The third kappa shape index (κ3) is 9.52. The Hall–Kier alpha value is 1.59. The minimum Gasteiger partial charge on any atom is 2.00 e. The summed E-state index contributed by atoms with van der Waals surface area (Å²) in [7, 11) is 9.47. The van der Waals surface area contributed by atoms with Crippen molar-refractivity contribution in [2.45, 2.75) is 0 Å². The quantitative estimate of drug-likeness (QED) is 0.539. The Bertz CT molecular complexity index is 4.00. The van der Waals surface area contributed by atoms with Crippen molar-refractivity contribution in [3.8, 4) is 0 Å². The third-order valence-corrected chi connectivity index (χ3v) is 0. The predicted molar refractivity (Wildman–Crippen MR) is 11.7 cm³/mol. The molecule has 30 valence electrons. The summed E-state index contributed by atoms with van der Waals surface area (Å²) >= 11 is 0.382. The van der Waals surface area contributed by atoms with Gasteiger partial charge in [0.05, 0.1) is 0 Å². The minimum atomic E-state index is 0. The van der Waals surface area contributed by atoms with Crippen LogP contribution in [0.4, 0.5) is 0 Å². The fourth-order valence-corrected chi connectivity index (χ4v) is 0. The molecule has 0 atom stereocenters. The standard InChI is InChI=1S/2ClH.2Co/h2*1H;;/q;;2*+2/p-2. The molecule has 0 aliphatic heterocycles. The molecule has 4 heteroatoms. The van der Waals surface area contributed by atoms with Gasteiger partial charge in [-0.1, -0.05) is 0 Å². The van der Waals surface area contributed by atoms with Crippen LogP contribution in [-0.2, 0) is 29.7 Å². The molecule has 0 saturated carbocycles. The summed E-state index contributed by atoms with van der Waals surface area (Å²) in [5.74, 6) is 0. The summed E-state index contributed by atoms with van der Waals surface area (Å²) in [4.78, 5) is 0. The van der Waals surface area contributed by atoms with E-state index in [0.717, 1.165) is 0 Å². The van der Waals surface area contributed by atoms with Gasteiger partial charge in [0.2, 0.25) is 0 Å². The summed E-state index contributed by atoms with van der Waals surface area (Å²) in [5, 5.41) is 0. The predicted octanol–water partition coefficient (Wildman–Crippen LogP) is 1.37. The van der Waals surface area contributed by atoms with E-state index in [1.54, 1.807) is 0 Å². The maximum Gasteiger partial charge on any atom is 2.00 e. The van der Waals surface area contributed by atoms with Crippen molar-refractivity contribution in [1.82, 2.24) is 0 Å². The Morgan fingerprint density at radius 1 is 1.25 bits per heavy atom. The zero-order chi connectivity index (χ0) is 2.71. The van der Waals surface area contributed by atoms with Gasteiger partial charge in [0, 0.05) is 0 Å². The van der Waals surface area contributed by atoms with Gasteiger partial charge in [0.15, 0.2) is 0 Å². The van der Waals surface area contributed by atoms with E-state index in [0.29, 0.717) is 12.9 Å². The van der Waals surface area contributed by atoms with Gasteiger partial charge in [-0.25, -0.2) is 0 Å². The Balaban J connectivity index is 0. The first-order valence-corrected chi connectivity index (χ1v) is 3.12. The van der Waals surface area contributed by atoms with Crippen molar-refractivity contribution in [2.24, 2.45) is 0 Å². The van der Waals surface area contributed by atoms with E-state index >= 15 is 0 Å². The Morgan fingerprint density at radius 2 is 1.25 bits per heavy atom. The van der Waals surface area contributed by atoms with E-state index in [1.807, 2.05) is 0 Å². The van der Waals surface area contributed by atoms with Crippen LogP contribution >= 0.6 is 20.3 Å². The maximum atomic E-state index is 4.73. The Labute approximate surface area is 49.9 Å². The van der Waals surface area contributed by atoms with Crippen LogP contribution in [0.1, 0.15) is 0 Å². The summed E-state index contributed by atoms with van der Waals surface area (Å²) in [5.41, 5.74) is 0. The SMILES string of the molecule is [Cl][Co][Cl].[Co+2].